The summed E-state index contributed by atoms with van der Waals surface area (Å²) >= 11 is 0. The molecule has 1 saturated heterocycles. The Morgan fingerprint density at radius 2 is 1.76 bits per heavy atom. The Morgan fingerprint density at radius 1 is 1.14 bits per heavy atom. The first-order valence-corrected chi connectivity index (χ1v) is 6.40. The standard InChI is InChI=1S/C13H11N3O5/c17-10-13(6-1-7-13)11(18)15(12(19)14-10)8-2-4-9(5-3-8)16(20)21/h2-5H,1,6-7H2,(H,14,17,19). The molecule has 108 valence electrons. The van der Waals surface area contributed by atoms with Crippen LogP contribution in [0, 0.1) is 15.5 Å². The zero-order chi connectivity index (χ0) is 15.2. The molecule has 0 bridgehead atoms. The van der Waals surface area contributed by atoms with Crippen molar-refractivity contribution >= 4 is 29.2 Å². The maximum Gasteiger partial charge on any atom is 0.335 e. The lowest BCUT2D eigenvalue weighted by atomic mass is 9.66. The number of barbiturate groups is 1. The second-order valence-electron chi connectivity index (χ2n) is 5.11. The highest BCUT2D eigenvalue weighted by molar-refractivity contribution is 6.30. The Labute approximate surface area is 118 Å². The average molecular weight is 289 g/mol. The third-order valence-corrected chi connectivity index (χ3v) is 4.00. The van der Waals surface area contributed by atoms with Crippen molar-refractivity contribution in [3.63, 3.8) is 0 Å². The number of imide groups is 2. The highest BCUT2D eigenvalue weighted by atomic mass is 16.6. The number of non-ortho nitro benzene ring substituents is 1. The van der Waals surface area contributed by atoms with E-state index in [9.17, 15) is 24.5 Å². The van der Waals surface area contributed by atoms with Gasteiger partial charge in [0, 0.05) is 12.1 Å². The second kappa shape index (κ2) is 4.37. The van der Waals surface area contributed by atoms with Gasteiger partial charge in [0.25, 0.3) is 11.6 Å². The van der Waals surface area contributed by atoms with Crippen molar-refractivity contribution in [2.45, 2.75) is 19.3 Å². The fourth-order valence-electron chi connectivity index (χ4n) is 2.61. The van der Waals surface area contributed by atoms with Crippen LogP contribution in [0.4, 0.5) is 16.2 Å². The first kappa shape index (κ1) is 13.2. The summed E-state index contributed by atoms with van der Waals surface area (Å²) in [7, 11) is 0. The Hall–Kier alpha value is -2.77. The molecule has 1 spiro atoms. The van der Waals surface area contributed by atoms with Crippen molar-refractivity contribution in [3.05, 3.63) is 34.4 Å². The lowest BCUT2D eigenvalue weighted by Crippen LogP contribution is -2.66. The molecule has 1 N–H and O–H groups in total. The molecule has 0 radical (unpaired) electrons. The predicted octanol–water partition coefficient (Wildman–Crippen LogP) is 1.35. The van der Waals surface area contributed by atoms with Gasteiger partial charge in [-0.05, 0) is 25.0 Å². The van der Waals surface area contributed by atoms with E-state index in [0.29, 0.717) is 12.8 Å². The predicted molar refractivity (Wildman–Crippen MR) is 70.4 cm³/mol. The van der Waals surface area contributed by atoms with Gasteiger partial charge in [0.05, 0.1) is 10.6 Å². The molecule has 8 nitrogen and oxygen atoms in total. The summed E-state index contributed by atoms with van der Waals surface area (Å²) in [6, 6.07) is 4.23. The summed E-state index contributed by atoms with van der Waals surface area (Å²) in [5.74, 6) is -1.11. The lowest BCUT2D eigenvalue weighted by Gasteiger charge is -2.44. The Kier molecular flexibility index (Phi) is 2.75. The summed E-state index contributed by atoms with van der Waals surface area (Å²) in [6.07, 6.45) is 1.57. The molecular formula is C13H11N3O5. The van der Waals surface area contributed by atoms with Crippen molar-refractivity contribution in [2.75, 3.05) is 4.90 Å². The van der Waals surface area contributed by atoms with Crippen molar-refractivity contribution < 1.29 is 19.3 Å². The quantitative estimate of drug-likeness (QED) is 0.502. The van der Waals surface area contributed by atoms with Crippen LogP contribution in [0.2, 0.25) is 0 Å². The van der Waals surface area contributed by atoms with Gasteiger partial charge in [-0.3, -0.25) is 25.0 Å². The van der Waals surface area contributed by atoms with Gasteiger partial charge < -0.3 is 0 Å². The van der Waals surface area contributed by atoms with E-state index in [1.54, 1.807) is 0 Å². The number of anilines is 1. The van der Waals surface area contributed by atoms with Crippen molar-refractivity contribution in [1.82, 2.24) is 5.32 Å². The topological polar surface area (TPSA) is 110 Å². The normalized spacial score (nSPS) is 20.2. The summed E-state index contributed by atoms with van der Waals surface area (Å²) in [4.78, 5) is 47.2. The van der Waals surface area contributed by atoms with Crippen molar-refractivity contribution in [2.24, 2.45) is 5.41 Å². The van der Waals surface area contributed by atoms with Crippen LogP contribution >= 0.6 is 0 Å². The van der Waals surface area contributed by atoms with Crippen LogP contribution in [0.15, 0.2) is 24.3 Å². The molecular weight excluding hydrogens is 278 g/mol. The van der Waals surface area contributed by atoms with Gasteiger partial charge in [-0.15, -0.1) is 0 Å². The molecule has 8 heteroatoms. The van der Waals surface area contributed by atoms with Gasteiger partial charge in [-0.2, -0.15) is 0 Å². The molecule has 4 amide bonds. The van der Waals surface area contributed by atoms with Crippen LogP contribution in [0.3, 0.4) is 0 Å². The van der Waals surface area contributed by atoms with Gasteiger partial charge >= 0.3 is 6.03 Å². The Morgan fingerprint density at radius 3 is 2.24 bits per heavy atom. The summed E-state index contributed by atoms with van der Waals surface area (Å²) in [5.41, 5.74) is -1.09. The minimum absolute atomic E-state index is 0.141. The van der Waals surface area contributed by atoms with E-state index in [2.05, 4.69) is 5.32 Å². The number of hydrogen-bond acceptors (Lipinski definition) is 5. The van der Waals surface area contributed by atoms with Crippen LogP contribution in [0.5, 0.6) is 0 Å². The van der Waals surface area contributed by atoms with Gasteiger partial charge in [0.15, 0.2) is 0 Å². The zero-order valence-electron chi connectivity index (χ0n) is 10.9. The number of carbonyl (C=O) groups excluding carboxylic acids is 3. The largest absolute Gasteiger partial charge is 0.335 e. The monoisotopic (exact) mass is 289 g/mol. The van der Waals surface area contributed by atoms with Crippen molar-refractivity contribution in [1.29, 1.82) is 0 Å². The first-order chi connectivity index (χ1) is 9.95. The van der Waals surface area contributed by atoms with Gasteiger partial charge in [-0.1, -0.05) is 6.42 Å². The molecule has 0 aromatic heterocycles. The smallest absolute Gasteiger partial charge is 0.276 e. The Bertz CT molecular complexity index is 663. The fraction of sp³-hybridized carbons (Fsp3) is 0.308. The summed E-state index contributed by atoms with van der Waals surface area (Å²) in [5, 5.41) is 12.8. The number of amides is 4. The van der Waals surface area contributed by atoms with Crippen molar-refractivity contribution in [3.8, 4) is 0 Å². The third kappa shape index (κ3) is 1.79. The number of nitrogens with one attached hydrogen (secondary N) is 1. The van der Waals surface area contributed by atoms with E-state index in [1.807, 2.05) is 0 Å². The lowest BCUT2D eigenvalue weighted by molar-refractivity contribution is -0.384. The molecule has 2 fully saturated rings. The van der Waals surface area contributed by atoms with Crippen LogP contribution in [-0.2, 0) is 9.59 Å². The second-order valence-corrected chi connectivity index (χ2v) is 5.11. The minimum Gasteiger partial charge on any atom is -0.276 e. The molecule has 1 heterocycles. The van der Waals surface area contributed by atoms with E-state index in [1.165, 1.54) is 24.3 Å². The number of hydrogen-bond donors (Lipinski definition) is 1. The number of benzene rings is 1. The minimum atomic E-state index is -1.16. The molecule has 1 aromatic carbocycles. The molecule has 0 atom stereocenters. The highest BCUT2D eigenvalue weighted by Gasteiger charge is 2.57. The molecule has 1 aliphatic heterocycles. The molecule has 21 heavy (non-hydrogen) atoms. The number of urea groups is 1. The Balaban J connectivity index is 1.96. The van der Waals surface area contributed by atoms with E-state index >= 15 is 0 Å². The number of nitrogens with zero attached hydrogens (tertiary/aromatic N) is 2. The number of carbonyl (C=O) groups is 3. The van der Waals surface area contributed by atoms with E-state index in [4.69, 9.17) is 0 Å². The first-order valence-electron chi connectivity index (χ1n) is 6.40. The molecule has 1 aliphatic carbocycles. The zero-order valence-corrected chi connectivity index (χ0v) is 10.9. The van der Waals surface area contributed by atoms with Crippen LogP contribution in [0.1, 0.15) is 19.3 Å². The number of nitro groups is 1. The van der Waals surface area contributed by atoms with Crippen LogP contribution < -0.4 is 10.2 Å². The maximum absolute atomic E-state index is 12.5. The highest BCUT2D eigenvalue weighted by Crippen LogP contribution is 2.45. The van der Waals surface area contributed by atoms with E-state index < -0.39 is 28.2 Å². The molecule has 1 aromatic rings. The van der Waals surface area contributed by atoms with Gasteiger partial charge in [0.2, 0.25) is 5.91 Å². The van der Waals surface area contributed by atoms with Gasteiger partial charge in [0.1, 0.15) is 5.41 Å². The number of nitro benzene ring substituents is 1. The average Bonchev–Trinajstić information content (AvgIpc) is 2.37. The van der Waals surface area contributed by atoms with Crippen LogP contribution in [-0.4, -0.2) is 22.8 Å². The molecule has 2 aliphatic rings. The number of rotatable bonds is 2. The SMILES string of the molecule is O=C1NC(=O)C2(CCC2)C(=O)N1c1ccc([N+](=O)[O-])cc1. The fourth-order valence-corrected chi connectivity index (χ4v) is 2.61. The van der Waals surface area contributed by atoms with Gasteiger partial charge in [-0.25, -0.2) is 9.69 Å². The van der Waals surface area contributed by atoms with E-state index in [-0.39, 0.29) is 11.4 Å². The molecule has 3 rings (SSSR count). The molecule has 1 saturated carbocycles. The molecule has 0 unspecified atom stereocenters. The third-order valence-electron chi connectivity index (χ3n) is 4.00. The van der Waals surface area contributed by atoms with Crippen LogP contribution in [0.25, 0.3) is 0 Å². The maximum atomic E-state index is 12.5. The van der Waals surface area contributed by atoms with E-state index in [0.717, 1.165) is 11.3 Å². The summed E-state index contributed by atoms with van der Waals surface area (Å²) < 4.78 is 0. The summed E-state index contributed by atoms with van der Waals surface area (Å²) in [6.45, 7) is 0.